The van der Waals surface area contributed by atoms with Gasteiger partial charge >= 0.3 is 0 Å². The molecule has 3 atom stereocenters. The summed E-state index contributed by atoms with van der Waals surface area (Å²) in [5, 5.41) is 10.0. The number of hydrogen-bond acceptors (Lipinski definition) is 5. The van der Waals surface area contributed by atoms with Crippen molar-refractivity contribution in [2.24, 2.45) is 0 Å². The van der Waals surface area contributed by atoms with Gasteiger partial charge in [0.2, 0.25) is 10.0 Å². The zero-order chi connectivity index (χ0) is 21.1. The topological polar surface area (TPSA) is 73.7 Å². The molecule has 2 aromatic rings. The zero-order valence-corrected chi connectivity index (χ0v) is 17.9. The molecule has 0 unspecified atom stereocenters. The smallest absolute Gasteiger partial charge is 0.211 e. The van der Waals surface area contributed by atoms with Crippen LogP contribution in [0.4, 0.5) is 0 Å². The molecule has 30 heavy (non-hydrogen) atoms. The fraction of sp³-hybridized carbons (Fsp3) is 0.435. The van der Waals surface area contributed by atoms with E-state index >= 15 is 0 Å². The van der Waals surface area contributed by atoms with Crippen molar-refractivity contribution in [3.05, 3.63) is 65.5 Å². The van der Waals surface area contributed by atoms with E-state index in [2.05, 4.69) is 33.9 Å². The van der Waals surface area contributed by atoms with Gasteiger partial charge in [0.15, 0.2) is 0 Å². The number of benzene rings is 1. The van der Waals surface area contributed by atoms with Gasteiger partial charge in [-0.1, -0.05) is 24.1 Å². The van der Waals surface area contributed by atoms with E-state index in [9.17, 15) is 13.5 Å². The van der Waals surface area contributed by atoms with Gasteiger partial charge < -0.3 is 5.11 Å². The van der Waals surface area contributed by atoms with Gasteiger partial charge in [-0.25, -0.2) is 17.7 Å². The first-order valence-electron chi connectivity index (χ1n) is 10.3. The number of rotatable bonds is 3. The van der Waals surface area contributed by atoms with E-state index < -0.39 is 10.0 Å². The first-order chi connectivity index (χ1) is 14.5. The third-order valence-electron chi connectivity index (χ3n) is 6.10. The number of hydrogen-bond donors (Lipinski definition) is 1. The Balaban J connectivity index is 1.55. The Hall–Kier alpha value is -2.24. The first-order valence-corrected chi connectivity index (χ1v) is 12.2. The molecule has 2 aliphatic rings. The summed E-state index contributed by atoms with van der Waals surface area (Å²) in [7, 11) is -3.24. The number of pyridine rings is 1. The predicted octanol–water partition coefficient (Wildman–Crippen LogP) is 1.67. The van der Waals surface area contributed by atoms with Crippen LogP contribution in [0, 0.1) is 11.8 Å². The van der Waals surface area contributed by atoms with E-state index in [1.54, 1.807) is 10.5 Å². The molecule has 0 radical (unpaired) electrons. The fourth-order valence-electron chi connectivity index (χ4n) is 4.57. The highest BCUT2D eigenvalue weighted by Crippen LogP contribution is 2.42. The number of aromatic nitrogens is 1. The van der Waals surface area contributed by atoms with E-state index in [0.717, 1.165) is 36.2 Å². The third kappa shape index (κ3) is 4.42. The van der Waals surface area contributed by atoms with Crippen LogP contribution in [0.3, 0.4) is 0 Å². The minimum absolute atomic E-state index is 0.0277. The normalized spacial score (nSPS) is 25.2. The lowest BCUT2D eigenvalue weighted by atomic mass is 9.74. The predicted molar refractivity (Wildman–Crippen MR) is 116 cm³/mol. The zero-order valence-electron chi connectivity index (χ0n) is 17.1. The second kappa shape index (κ2) is 8.86. The standard InChI is InChI=1S/C23H27N3O3S/c1-30(28,29)25-14-4-5-15-26-21(16-25)23(22(26)17-27)19-10-7-18(8-11-19)9-12-20-6-2-3-13-24-20/h2-3,6-8,10-11,13,21-23,27H,4-5,14-17H2,1H3/t21-,22+,23+/m0/s1. The average Bonchev–Trinajstić information content (AvgIpc) is 2.72. The molecule has 0 saturated carbocycles. The molecule has 2 fully saturated rings. The van der Waals surface area contributed by atoms with Crippen molar-refractivity contribution in [2.75, 3.05) is 32.5 Å². The van der Waals surface area contributed by atoms with Gasteiger partial charge in [0, 0.05) is 42.9 Å². The minimum Gasteiger partial charge on any atom is -0.395 e. The van der Waals surface area contributed by atoms with Crippen molar-refractivity contribution in [2.45, 2.75) is 30.8 Å². The van der Waals surface area contributed by atoms with E-state index in [0.29, 0.717) is 13.1 Å². The molecule has 0 bridgehead atoms. The lowest BCUT2D eigenvalue weighted by molar-refractivity contribution is -0.0553. The van der Waals surface area contributed by atoms with Crippen LogP contribution in [0.2, 0.25) is 0 Å². The van der Waals surface area contributed by atoms with E-state index in [-0.39, 0.29) is 24.6 Å². The largest absolute Gasteiger partial charge is 0.395 e. The Morgan fingerprint density at radius 1 is 1.10 bits per heavy atom. The van der Waals surface area contributed by atoms with Crippen molar-refractivity contribution in [3.8, 4) is 11.8 Å². The summed E-state index contributed by atoms with van der Waals surface area (Å²) in [4.78, 5) is 6.49. The lowest BCUT2D eigenvalue weighted by Crippen LogP contribution is -2.67. The maximum Gasteiger partial charge on any atom is 0.211 e. The molecule has 2 aliphatic heterocycles. The molecule has 6 nitrogen and oxygen atoms in total. The summed E-state index contributed by atoms with van der Waals surface area (Å²) in [6, 6.07) is 13.8. The average molecular weight is 426 g/mol. The Labute approximate surface area is 178 Å². The summed E-state index contributed by atoms with van der Waals surface area (Å²) >= 11 is 0. The molecule has 1 aromatic carbocycles. The summed E-state index contributed by atoms with van der Waals surface area (Å²) in [6.45, 7) is 2.02. The van der Waals surface area contributed by atoms with Crippen LogP contribution in [0.1, 0.15) is 35.6 Å². The summed E-state index contributed by atoms with van der Waals surface area (Å²) in [5.41, 5.74) is 2.75. The number of fused-ring (bicyclic) bond motifs is 1. The Morgan fingerprint density at radius 3 is 2.53 bits per heavy atom. The molecule has 4 rings (SSSR count). The molecular formula is C23H27N3O3S. The summed E-state index contributed by atoms with van der Waals surface area (Å²) in [6.07, 6.45) is 4.79. The lowest BCUT2D eigenvalue weighted by Gasteiger charge is -2.57. The Bertz CT molecular complexity index is 1030. The highest BCUT2D eigenvalue weighted by molar-refractivity contribution is 7.88. The molecule has 158 valence electrons. The monoisotopic (exact) mass is 425 g/mol. The quantitative estimate of drug-likeness (QED) is 0.758. The SMILES string of the molecule is CS(=O)(=O)N1CCCCN2[C@H](CO)[C@H](c3ccc(C#Cc4ccccn4)cc3)[C@@H]2C1. The summed E-state index contributed by atoms with van der Waals surface area (Å²) in [5.74, 6) is 6.29. The summed E-state index contributed by atoms with van der Waals surface area (Å²) < 4.78 is 26.0. The Morgan fingerprint density at radius 2 is 1.87 bits per heavy atom. The van der Waals surface area contributed by atoms with Crippen LogP contribution in [0.25, 0.3) is 0 Å². The molecule has 0 aliphatic carbocycles. The molecular weight excluding hydrogens is 398 g/mol. The van der Waals surface area contributed by atoms with Crippen LogP contribution >= 0.6 is 0 Å². The molecule has 0 amide bonds. The maximum atomic E-state index is 12.2. The first kappa shape index (κ1) is 21.0. The third-order valence-corrected chi connectivity index (χ3v) is 7.37. The molecule has 7 heteroatoms. The Kier molecular flexibility index (Phi) is 6.21. The molecule has 1 N–H and O–H groups in total. The van der Waals surface area contributed by atoms with Crippen molar-refractivity contribution in [3.63, 3.8) is 0 Å². The van der Waals surface area contributed by atoms with E-state index in [4.69, 9.17) is 0 Å². The van der Waals surface area contributed by atoms with Crippen LogP contribution < -0.4 is 0 Å². The fourth-order valence-corrected chi connectivity index (χ4v) is 5.46. The van der Waals surface area contributed by atoms with Crippen molar-refractivity contribution in [1.82, 2.24) is 14.2 Å². The number of sulfonamides is 1. The van der Waals surface area contributed by atoms with Gasteiger partial charge in [0.05, 0.1) is 12.9 Å². The van der Waals surface area contributed by atoms with Gasteiger partial charge in [0.25, 0.3) is 0 Å². The second-order valence-electron chi connectivity index (χ2n) is 8.00. The van der Waals surface area contributed by atoms with Gasteiger partial charge in [-0.3, -0.25) is 4.90 Å². The van der Waals surface area contributed by atoms with Gasteiger partial charge in [-0.15, -0.1) is 0 Å². The minimum atomic E-state index is -3.24. The van der Waals surface area contributed by atoms with E-state index in [1.807, 2.05) is 30.3 Å². The highest BCUT2D eigenvalue weighted by Gasteiger charge is 2.49. The maximum absolute atomic E-state index is 12.2. The molecule has 3 heterocycles. The molecule has 0 spiro atoms. The van der Waals surface area contributed by atoms with Crippen molar-refractivity contribution in [1.29, 1.82) is 0 Å². The van der Waals surface area contributed by atoms with Gasteiger partial charge in [-0.05, 0) is 55.1 Å². The number of aliphatic hydroxyl groups excluding tert-OH is 1. The highest BCUT2D eigenvalue weighted by atomic mass is 32.2. The van der Waals surface area contributed by atoms with Crippen molar-refractivity contribution < 1.29 is 13.5 Å². The van der Waals surface area contributed by atoms with Crippen LogP contribution in [-0.4, -0.2) is 72.3 Å². The van der Waals surface area contributed by atoms with E-state index in [1.165, 1.54) is 6.26 Å². The van der Waals surface area contributed by atoms with Gasteiger partial charge in [-0.2, -0.15) is 0 Å². The molecule has 1 aromatic heterocycles. The number of nitrogens with zero attached hydrogens (tertiary/aromatic N) is 3. The molecule has 2 saturated heterocycles. The second-order valence-corrected chi connectivity index (χ2v) is 9.98. The number of aliphatic hydroxyl groups is 1. The van der Waals surface area contributed by atoms with Crippen LogP contribution in [-0.2, 0) is 10.0 Å². The van der Waals surface area contributed by atoms with Crippen molar-refractivity contribution >= 4 is 10.0 Å². The van der Waals surface area contributed by atoms with Gasteiger partial charge in [0.1, 0.15) is 5.69 Å². The van der Waals surface area contributed by atoms with Crippen LogP contribution in [0.5, 0.6) is 0 Å². The van der Waals surface area contributed by atoms with Crippen LogP contribution in [0.15, 0.2) is 48.7 Å².